The smallest absolute Gasteiger partial charge is 0.221 e. The molecule has 0 atom stereocenters. The Kier molecular flexibility index (Phi) is 3.43. The summed E-state index contributed by atoms with van der Waals surface area (Å²) in [7, 11) is 0. The summed E-state index contributed by atoms with van der Waals surface area (Å²) in [5, 5.41) is 7.84. The van der Waals surface area contributed by atoms with Crippen molar-refractivity contribution in [2.75, 3.05) is 10.6 Å². The number of nitrogens with two attached hydrogens (primary N) is 1. The number of amides is 1. The van der Waals surface area contributed by atoms with Crippen molar-refractivity contribution in [3.05, 3.63) is 36.4 Å². The molecule has 0 aliphatic carbocycles. The van der Waals surface area contributed by atoms with Crippen LogP contribution in [0, 0.1) is 0 Å². The third-order valence-corrected chi connectivity index (χ3v) is 2.54. The highest BCUT2D eigenvalue weighted by molar-refractivity contribution is 7.80. The summed E-state index contributed by atoms with van der Waals surface area (Å²) in [6.07, 6.45) is 0. The van der Waals surface area contributed by atoms with Crippen LogP contribution in [-0.4, -0.2) is 11.0 Å². The number of carbonyl (C=O) groups excluding carboxylic acids is 1. The van der Waals surface area contributed by atoms with Crippen LogP contribution in [0.4, 0.5) is 11.4 Å². The predicted molar refractivity (Wildman–Crippen MR) is 78.7 cm³/mol. The maximum absolute atomic E-state index is 11.2. The molecule has 2 aromatic rings. The van der Waals surface area contributed by atoms with Gasteiger partial charge in [-0.05, 0) is 29.7 Å². The van der Waals surface area contributed by atoms with Crippen LogP contribution < -0.4 is 16.4 Å². The van der Waals surface area contributed by atoms with Crippen molar-refractivity contribution in [1.82, 2.24) is 0 Å². The van der Waals surface area contributed by atoms with E-state index < -0.39 is 0 Å². The Morgan fingerprint density at radius 3 is 2.61 bits per heavy atom. The molecular weight excluding hydrogens is 246 g/mol. The molecule has 0 aliphatic rings. The second kappa shape index (κ2) is 5.01. The summed E-state index contributed by atoms with van der Waals surface area (Å²) in [6.45, 7) is 1.47. The van der Waals surface area contributed by atoms with Crippen molar-refractivity contribution >= 4 is 45.4 Å². The molecule has 0 heterocycles. The Labute approximate surface area is 110 Å². The molecule has 18 heavy (non-hydrogen) atoms. The van der Waals surface area contributed by atoms with Crippen molar-refractivity contribution in [2.24, 2.45) is 5.73 Å². The number of hydrogen-bond donors (Lipinski definition) is 3. The molecule has 4 nitrogen and oxygen atoms in total. The molecule has 5 heteroatoms. The minimum absolute atomic E-state index is 0.118. The summed E-state index contributed by atoms with van der Waals surface area (Å²) < 4.78 is 0. The maximum atomic E-state index is 11.2. The normalized spacial score (nSPS) is 10.1. The number of hydrogen-bond acceptors (Lipinski definition) is 2. The lowest BCUT2D eigenvalue weighted by atomic mass is 10.1. The quantitative estimate of drug-likeness (QED) is 0.725. The highest BCUT2D eigenvalue weighted by atomic mass is 32.1. The van der Waals surface area contributed by atoms with Crippen molar-refractivity contribution < 1.29 is 4.79 Å². The molecule has 92 valence electrons. The maximum Gasteiger partial charge on any atom is 0.221 e. The Bertz CT molecular complexity index is 625. The molecule has 2 rings (SSSR count). The molecular formula is C13H13N3OS. The van der Waals surface area contributed by atoms with Crippen LogP contribution in [0.2, 0.25) is 0 Å². The Morgan fingerprint density at radius 1 is 1.22 bits per heavy atom. The van der Waals surface area contributed by atoms with Crippen molar-refractivity contribution in [1.29, 1.82) is 0 Å². The zero-order chi connectivity index (χ0) is 13.1. The van der Waals surface area contributed by atoms with Crippen LogP contribution >= 0.6 is 12.2 Å². The highest BCUT2D eigenvalue weighted by Crippen LogP contribution is 2.28. The minimum atomic E-state index is -0.118. The summed E-state index contributed by atoms with van der Waals surface area (Å²) in [5.41, 5.74) is 6.94. The standard InChI is InChI=1S/C13H13N3OS/c1-8(17)15-12-7-10(16-13(14)18)6-9-4-2-3-5-11(9)12/h2-7H,1H3,(H,15,17)(H3,14,16,18). The van der Waals surface area contributed by atoms with Crippen molar-refractivity contribution in [3.8, 4) is 0 Å². The van der Waals surface area contributed by atoms with E-state index in [9.17, 15) is 4.79 Å². The molecule has 0 aliphatic heterocycles. The van der Waals surface area contributed by atoms with Crippen LogP contribution in [-0.2, 0) is 4.79 Å². The van der Waals surface area contributed by atoms with E-state index in [1.54, 1.807) is 0 Å². The van der Waals surface area contributed by atoms with E-state index in [0.29, 0.717) is 0 Å². The van der Waals surface area contributed by atoms with Crippen LogP contribution in [0.15, 0.2) is 36.4 Å². The average Bonchev–Trinajstić information content (AvgIpc) is 2.27. The van der Waals surface area contributed by atoms with Gasteiger partial charge in [0.1, 0.15) is 0 Å². The second-order valence-corrected chi connectivity index (χ2v) is 4.36. The Balaban J connectivity index is 2.56. The first-order valence-electron chi connectivity index (χ1n) is 5.43. The number of benzene rings is 2. The first-order valence-corrected chi connectivity index (χ1v) is 5.84. The number of nitrogens with one attached hydrogen (secondary N) is 2. The SMILES string of the molecule is CC(=O)Nc1cc(NC(N)=S)cc2ccccc12. The fourth-order valence-electron chi connectivity index (χ4n) is 1.82. The van der Waals surface area contributed by atoms with Gasteiger partial charge in [0.05, 0.1) is 5.69 Å². The second-order valence-electron chi connectivity index (χ2n) is 3.92. The largest absolute Gasteiger partial charge is 0.376 e. The van der Waals surface area contributed by atoms with E-state index >= 15 is 0 Å². The lowest BCUT2D eigenvalue weighted by Gasteiger charge is -2.11. The monoisotopic (exact) mass is 259 g/mol. The number of carbonyl (C=O) groups is 1. The molecule has 0 saturated heterocycles. The molecule has 0 aromatic heterocycles. The van der Waals surface area contributed by atoms with Crippen LogP contribution in [0.1, 0.15) is 6.92 Å². The number of fused-ring (bicyclic) bond motifs is 1. The topological polar surface area (TPSA) is 67.2 Å². The molecule has 0 spiro atoms. The van der Waals surface area contributed by atoms with Crippen LogP contribution in [0.3, 0.4) is 0 Å². The van der Waals surface area contributed by atoms with Gasteiger partial charge in [-0.15, -0.1) is 0 Å². The lowest BCUT2D eigenvalue weighted by molar-refractivity contribution is -0.114. The summed E-state index contributed by atoms with van der Waals surface area (Å²) >= 11 is 4.81. The van der Waals surface area contributed by atoms with E-state index in [1.807, 2.05) is 36.4 Å². The molecule has 0 bridgehead atoms. The Hall–Kier alpha value is -2.14. The van der Waals surface area contributed by atoms with Gasteiger partial charge in [0, 0.05) is 18.0 Å². The third-order valence-electron chi connectivity index (χ3n) is 2.44. The number of thiocarbonyl (C=S) groups is 1. The van der Waals surface area contributed by atoms with Gasteiger partial charge in [0.15, 0.2) is 5.11 Å². The van der Waals surface area contributed by atoms with Gasteiger partial charge in [-0.2, -0.15) is 0 Å². The molecule has 4 N–H and O–H groups in total. The van der Waals surface area contributed by atoms with E-state index in [2.05, 4.69) is 10.6 Å². The van der Waals surface area contributed by atoms with E-state index in [-0.39, 0.29) is 11.0 Å². The highest BCUT2D eigenvalue weighted by Gasteiger charge is 2.05. The minimum Gasteiger partial charge on any atom is -0.376 e. The molecule has 2 aromatic carbocycles. The Morgan fingerprint density at radius 2 is 1.94 bits per heavy atom. The predicted octanol–water partition coefficient (Wildman–Crippen LogP) is 2.45. The molecule has 1 amide bonds. The van der Waals surface area contributed by atoms with Gasteiger partial charge in [-0.3, -0.25) is 4.79 Å². The van der Waals surface area contributed by atoms with Crippen molar-refractivity contribution in [3.63, 3.8) is 0 Å². The fourth-order valence-corrected chi connectivity index (χ4v) is 1.94. The van der Waals surface area contributed by atoms with Gasteiger partial charge >= 0.3 is 0 Å². The van der Waals surface area contributed by atoms with E-state index in [1.165, 1.54) is 6.92 Å². The molecule has 0 fully saturated rings. The fraction of sp³-hybridized carbons (Fsp3) is 0.0769. The first-order chi connectivity index (χ1) is 8.56. The van der Waals surface area contributed by atoms with Gasteiger partial charge in [-0.25, -0.2) is 0 Å². The molecule has 0 saturated carbocycles. The summed E-state index contributed by atoms with van der Waals surface area (Å²) in [4.78, 5) is 11.2. The van der Waals surface area contributed by atoms with Gasteiger partial charge in [0.2, 0.25) is 5.91 Å². The number of anilines is 2. The molecule has 0 radical (unpaired) electrons. The van der Waals surface area contributed by atoms with E-state index in [4.69, 9.17) is 18.0 Å². The summed E-state index contributed by atoms with van der Waals surface area (Å²) in [6, 6.07) is 11.5. The van der Waals surface area contributed by atoms with Gasteiger partial charge in [0.25, 0.3) is 0 Å². The van der Waals surface area contributed by atoms with Gasteiger partial charge in [-0.1, -0.05) is 24.3 Å². The number of rotatable bonds is 2. The summed E-state index contributed by atoms with van der Waals surface area (Å²) in [5.74, 6) is -0.118. The van der Waals surface area contributed by atoms with Crippen LogP contribution in [0.5, 0.6) is 0 Å². The van der Waals surface area contributed by atoms with Crippen molar-refractivity contribution in [2.45, 2.75) is 6.92 Å². The van der Waals surface area contributed by atoms with Gasteiger partial charge < -0.3 is 16.4 Å². The lowest BCUT2D eigenvalue weighted by Crippen LogP contribution is -2.19. The first kappa shape index (κ1) is 12.3. The zero-order valence-electron chi connectivity index (χ0n) is 9.86. The molecule has 0 unspecified atom stereocenters. The van der Waals surface area contributed by atoms with E-state index in [0.717, 1.165) is 22.1 Å². The third kappa shape index (κ3) is 2.75. The average molecular weight is 259 g/mol. The van der Waals surface area contributed by atoms with Crippen LogP contribution in [0.25, 0.3) is 10.8 Å². The zero-order valence-corrected chi connectivity index (χ0v) is 10.7.